The van der Waals surface area contributed by atoms with Gasteiger partial charge >= 0.3 is 0 Å². The van der Waals surface area contributed by atoms with Gasteiger partial charge in [0.15, 0.2) is 0 Å². The first-order valence-corrected chi connectivity index (χ1v) is 8.87. The Hall–Kier alpha value is -1.93. The van der Waals surface area contributed by atoms with Crippen molar-refractivity contribution >= 4 is 17.3 Å². The number of hydrogen-bond donors (Lipinski definition) is 0. The second kappa shape index (κ2) is 5.69. The summed E-state index contributed by atoms with van der Waals surface area (Å²) in [5.74, 6) is 2.60. The minimum absolute atomic E-state index is 0.463. The van der Waals surface area contributed by atoms with Crippen molar-refractivity contribution in [1.29, 1.82) is 0 Å². The molecule has 2 heteroatoms. The van der Waals surface area contributed by atoms with Gasteiger partial charge < -0.3 is 4.74 Å². The monoisotopic (exact) mass is 306 g/mol. The zero-order valence-corrected chi connectivity index (χ0v) is 13.4. The van der Waals surface area contributed by atoms with Crippen LogP contribution in [0.1, 0.15) is 17.5 Å². The highest BCUT2D eigenvalue weighted by molar-refractivity contribution is 7.98. The zero-order chi connectivity index (χ0) is 14.9. The highest BCUT2D eigenvalue weighted by Gasteiger charge is 2.28. The Kier molecular flexibility index (Phi) is 3.55. The summed E-state index contributed by atoms with van der Waals surface area (Å²) in [7, 11) is 0. The molecule has 1 aliphatic heterocycles. The van der Waals surface area contributed by atoms with E-state index in [9.17, 15) is 0 Å². The molecule has 0 saturated heterocycles. The van der Waals surface area contributed by atoms with Crippen molar-refractivity contribution in [2.45, 2.75) is 17.7 Å². The third-order valence-corrected chi connectivity index (χ3v) is 5.15. The molecule has 1 nitrogen and oxygen atoms in total. The van der Waals surface area contributed by atoms with E-state index in [0.717, 1.165) is 24.4 Å². The number of benzene rings is 2. The molecule has 4 rings (SSSR count). The molecule has 1 atom stereocenters. The second-order valence-electron chi connectivity index (χ2n) is 5.81. The van der Waals surface area contributed by atoms with Crippen LogP contribution in [0.3, 0.4) is 0 Å². The van der Waals surface area contributed by atoms with Crippen LogP contribution in [0.25, 0.3) is 5.57 Å². The molecular weight excluding hydrogens is 288 g/mol. The smallest absolute Gasteiger partial charge is 0.130 e. The topological polar surface area (TPSA) is 9.23 Å². The molecule has 1 unspecified atom stereocenters. The van der Waals surface area contributed by atoms with Crippen LogP contribution in [0, 0.1) is 5.92 Å². The molecule has 2 aliphatic rings. The number of allylic oxidation sites excluding steroid dienone is 4. The summed E-state index contributed by atoms with van der Waals surface area (Å²) in [6.45, 7) is 0. The molecule has 0 bridgehead atoms. The first-order valence-electron chi connectivity index (χ1n) is 7.64. The van der Waals surface area contributed by atoms with Crippen molar-refractivity contribution in [3.63, 3.8) is 0 Å². The average Bonchev–Trinajstić information content (AvgIpc) is 2.59. The SMILES string of the molecule is CSc1ccc2c(c1)CC1CC(c3ccccc3)=CC=C1O2. The van der Waals surface area contributed by atoms with Crippen LogP contribution in [0.5, 0.6) is 5.75 Å². The zero-order valence-electron chi connectivity index (χ0n) is 12.6. The highest BCUT2D eigenvalue weighted by atomic mass is 32.2. The van der Waals surface area contributed by atoms with Crippen molar-refractivity contribution in [3.05, 3.63) is 77.6 Å². The Balaban J connectivity index is 1.64. The van der Waals surface area contributed by atoms with Crippen LogP contribution in [0.4, 0.5) is 0 Å². The minimum atomic E-state index is 0.463. The molecule has 1 aliphatic carbocycles. The Morgan fingerprint density at radius 1 is 1.00 bits per heavy atom. The fourth-order valence-electron chi connectivity index (χ4n) is 3.24. The van der Waals surface area contributed by atoms with Crippen LogP contribution in [-0.2, 0) is 6.42 Å². The molecule has 2 aromatic rings. The van der Waals surface area contributed by atoms with E-state index in [2.05, 4.69) is 66.9 Å². The molecule has 2 aromatic carbocycles. The van der Waals surface area contributed by atoms with Crippen molar-refractivity contribution in [2.75, 3.05) is 6.26 Å². The Morgan fingerprint density at radius 2 is 1.86 bits per heavy atom. The van der Waals surface area contributed by atoms with E-state index in [4.69, 9.17) is 4.74 Å². The number of hydrogen-bond acceptors (Lipinski definition) is 2. The summed E-state index contributed by atoms with van der Waals surface area (Å²) < 4.78 is 6.13. The maximum atomic E-state index is 6.13. The summed E-state index contributed by atoms with van der Waals surface area (Å²) in [6, 6.07) is 17.2. The summed E-state index contributed by atoms with van der Waals surface area (Å²) >= 11 is 1.79. The van der Waals surface area contributed by atoms with E-state index >= 15 is 0 Å². The van der Waals surface area contributed by atoms with Crippen LogP contribution in [0.15, 0.2) is 71.3 Å². The Bertz CT molecular complexity index is 759. The number of rotatable bonds is 2. The molecular formula is C20H18OS. The van der Waals surface area contributed by atoms with Gasteiger partial charge in [0, 0.05) is 10.8 Å². The van der Waals surface area contributed by atoms with E-state index in [0.29, 0.717) is 5.92 Å². The molecule has 0 radical (unpaired) electrons. The van der Waals surface area contributed by atoms with Gasteiger partial charge in [0.05, 0.1) is 0 Å². The molecule has 0 aromatic heterocycles. The lowest BCUT2D eigenvalue weighted by molar-refractivity contribution is 0.314. The predicted molar refractivity (Wildman–Crippen MR) is 93.2 cm³/mol. The number of ether oxygens (including phenoxy) is 1. The lowest BCUT2D eigenvalue weighted by Gasteiger charge is -2.31. The third-order valence-electron chi connectivity index (χ3n) is 4.42. The first kappa shape index (κ1) is 13.7. The molecule has 0 amide bonds. The molecule has 1 heterocycles. The normalized spacial score (nSPS) is 19.4. The van der Waals surface area contributed by atoms with Crippen LogP contribution in [-0.4, -0.2) is 6.26 Å². The second-order valence-corrected chi connectivity index (χ2v) is 6.69. The van der Waals surface area contributed by atoms with E-state index in [-0.39, 0.29) is 0 Å². The average molecular weight is 306 g/mol. The predicted octanol–water partition coefficient (Wildman–Crippen LogP) is 5.33. The Morgan fingerprint density at radius 3 is 2.68 bits per heavy atom. The van der Waals surface area contributed by atoms with Gasteiger partial charge in [-0.3, -0.25) is 0 Å². The van der Waals surface area contributed by atoms with Crippen molar-refractivity contribution < 1.29 is 4.74 Å². The van der Waals surface area contributed by atoms with Crippen LogP contribution in [0.2, 0.25) is 0 Å². The third kappa shape index (κ3) is 2.48. The summed E-state index contributed by atoms with van der Waals surface area (Å²) in [6.07, 6.45) is 8.61. The Labute approximate surface area is 135 Å². The van der Waals surface area contributed by atoms with Gasteiger partial charge in [0.2, 0.25) is 0 Å². The molecule has 0 spiro atoms. The van der Waals surface area contributed by atoms with Crippen molar-refractivity contribution in [3.8, 4) is 5.75 Å². The van der Waals surface area contributed by atoms with Gasteiger partial charge in [-0.2, -0.15) is 0 Å². The molecule has 0 N–H and O–H groups in total. The standard InChI is InChI=1S/C20H18OS/c1-22-18-8-10-20-17(13-18)12-16-11-15(7-9-19(16)21-20)14-5-3-2-4-6-14/h2-10,13,16H,11-12H2,1H3. The maximum Gasteiger partial charge on any atom is 0.130 e. The van der Waals surface area contributed by atoms with Gasteiger partial charge in [-0.05, 0) is 60.1 Å². The van der Waals surface area contributed by atoms with Gasteiger partial charge in [-0.15, -0.1) is 11.8 Å². The van der Waals surface area contributed by atoms with Crippen molar-refractivity contribution in [2.24, 2.45) is 5.92 Å². The van der Waals surface area contributed by atoms with E-state index < -0.39 is 0 Å². The van der Waals surface area contributed by atoms with E-state index in [1.807, 2.05) is 0 Å². The largest absolute Gasteiger partial charge is 0.461 e. The fourth-order valence-corrected chi connectivity index (χ4v) is 3.71. The quantitative estimate of drug-likeness (QED) is 0.693. The summed E-state index contributed by atoms with van der Waals surface area (Å²) in [5.41, 5.74) is 4.06. The first-order chi connectivity index (χ1) is 10.8. The van der Waals surface area contributed by atoms with E-state index in [1.54, 1.807) is 11.8 Å². The van der Waals surface area contributed by atoms with Gasteiger partial charge in [-0.25, -0.2) is 0 Å². The van der Waals surface area contributed by atoms with Gasteiger partial charge in [0.1, 0.15) is 11.5 Å². The summed E-state index contributed by atoms with van der Waals surface area (Å²) in [4.78, 5) is 1.31. The minimum Gasteiger partial charge on any atom is -0.461 e. The lowest BCUT2D eigenvalue weighted by Crippen LogP contribution is -2.21. The molecule has 0 saturated carbocycles. The van der Waals surface area contributed by atoms with Gasteiger partial charge in [-0.1, -0.05) is 36.4 Å². The van der Waals surface area contributed by atoms with Gasteiger partial charge in [0.25, 0.3) is 0 Å². The van der Waals surface area contributed by atoms with Crippen molar-refractivity contribution in [1.82, 2.24) is 0 Å². The molecule has 110 valence electrons. The van der Waals surface area contributed by atoms with Crippen LogP contribution < -0.4 is 4.74 Å². The number of fused-ring (bicyclic) bond motifs is 2. The van der Waals surface area contributed by atoms with E-state index in [1.165, 1.54) is 21.6 Å². The highest BCUT2D eigenvalue weighted by Crippen LogP contribution is 2.41. The number of thioether (sulfide) groups is 1. The van der Waals surface area contributed by atoms with Crippen LogP contribution >= 0.6 is 11.8 Å². The lowest BCUT2D eigenvalue weighted by atomic mass is 9.83. The molecule has 0 fully saturated rings. The fraction of sp³-hybridized carbons (Fsp3) is 0.200. The molecule has 22 heavy (non-hydrogen) atoms. The summed E-state index contributed by atoms with van der Waals surface area (Å²) in [5, 5.41) is 0. The maximum absolute atomic E-state index is 6.13.